The molecule has 0 spiro atoms. The summed E-state index contributed by atoms with van der Waals surface area (Å²) in [5.74, 6) is -0.112. The number of hydrogen-bond donors (Lipinski definition) is 2. The Balaban J connectivity index is 4.43. The SMILES string of the molecule is CC(C)(C)OC(CC(=O)NCCN)OC(C)(C)C. The van der Waals surface area contributed by atoms with Crippen LogP contribution in [0.15, 0.2) is 0 Å². The number of rotatable bonds is 6. The van der Waals surface area contributed by atoms with Gasteiger partial charge < -0.3 is 20.5 Å². The van der Waals surface area contributed by atoms with E-state index in [1.165, 1.54) is 0 Å². The van der Waals surface area contributed by atoms with E-state index in [1.807, 2.05) is 41.5 Å². The van der Waals surface area contributed by atoms with Gasteiger partial charge >= 0.3 is 0 Å². The Labute approximate surface area is 110 Å². The molecule has 0 aromatic rings. The van der Waals surface area contributed by atoms with Gasteiger partial charge in [0.05, 0.1) is 17.6 Å². The van der Waals surface area contributed by atoms with Gasteiger partial charge in [0.1, 0.15) is 0 Å². The highest BCUT2D eigenvalue weighted by Gasteiger charge is 2.26. The summed E-state index contributed by atoms with van der Waals surface area (Å²) in [7, 11) is 0. The second kappa shape index (κ2) is 7.07. The molecule has 0 aromatic heterocycles. The van der Waals surface area contributed by atoms with Crippen molar-refractivity contribution in [3.05, 3.63) is 0 Å². The van der Waals surface area contributed by atoms with Crippen molar-refractivity contribution < 1.29 is 14.3 Å². The number of amides is 1. The molecule has 0 heterocycles. The summed E-state index contributed by atoms with van der Waals surface area (Å²) in [6.07, 6.45) is -0.378. The van der Waals surface area contributed by atoms with Gasteiger partial charge in [-0.25, -0.2) is 0 Å². The van der Waals surface area contributed by atoms with Gasteiger partial charge in [0.25, 0.3) is 0 Å². The number of carbonyl (C=O) groups excluding carboxylic acids is 1. The van der Waals surface area contributed by atoms with Crippen molar-refractivity contribution in [3.8, 4) is 0 Å². The summed E-state index contributed by atoms with van der Waals surface area (Å²) in [6.45, 7) is 12.5. The maximum atomic E-state index is 11.7. The molecule has 18 heavy (non-hydrogen) atoms. The summed E-state index contributed by atoms with van der Waals surface area (Å²) in [4.78, 5) is 11.7. The van der Waals surface area contributed by atoms with Crippen LogP contribution in [0.1, 0.15) is 48.0 Å². The van der Waals surface area contributed by atoms with Gasteiger partial charge in [-0.2, -0.15) is 0 Å². The molecular weight excluding hydrogens is 232 g/mol. The zero-order valence-electron chi connectivity index (χ0n) is 12.5. The molecular formula is C13H28N2O3. The largest absolute Gasteiger partial charge is 0.355 e. The first-order valence-corrected chi connectivity index (χ1v) is 6.36. The van der Waals surface area contributed by atoms with E-state index in [9.17, 15) is 4.79 Å². The summed E-state index contributed by atoms with van der Waals surface area (Å²) in [6, 6.07) is 0. The Morgan fingerprint density at radius 3 is 1.89 bits per heavy atom. The Bertz CT molecular complexity index is 238. The Morgan fingerprint density at radius 2 is 1.56 bits per heavy atom. The van der Waals surface area contributed by atoms with E-state index >= 15 is 0 Å². The molecule has 0 fully saturated rings. The van der Waals surface area contributed by atoms with Crippen molar-refractivity contribution >= 4 is 5.91 Å². The van der Waals surface area contributed by atoms with E-state index in [4.69, 9.17) is 15.2 Å². The molecule has 0 saturated carbocycles. The molecule has 0 radical (unpaired) electrons. The molecule has 0 rings (SSSR count). The highest BCUT2D eigenvalue weighted by atomic mass is 16.7. The summed E-state index contributed by atoms with van der Waals surface area (Å²) in [5.41, 5.74) is 4.62. The van der Waals surface area contributed by atoms with Crippen LogP contribution >= 0.6 is 0 Å². The van der Waals surface area contributed by atoms with Gasteiger partial charge in [0, 0.05) is 13.1 Å². The van der Waals surface area contributed by atoms with Crippen molar-refractivity contribution in [1.82, 2.24) is 5.32 Å². The first kappa shape index (κ1) is 17.4. The monoisotopic (exact) mass is 260 g/mol. The fourth-order valence-corrected chi connectivity index (χ4v) is 1.33. The summed E-state index contributed by atoms with van der Waals surface area (Å²) in [5, 5.41) is 2.71. The van der Waals surface area contributed by atoms with E-state index in [0.717, 1.165) is 0 Å². The number of carbonyl (C=O) groups is 1. The number of nitrogens with two attached hydrogens (primary N) is 1. The molecule has 5 heteroatoms. The molecule has 5 nitrogen and oxygen atoms in total. The second-order valence-corrected chi connectivity index (χ2v) is 6.23. The molecule has 0 saturated heterocycles. The average molecular weight is 260 g/mol. The zero-order valence-corrected chi connectivity index (χ0v) is 12.5. The van der Waals surface area contributed by atoms with Crippen LogP contribution in [-0.2, 0) is 14.3 Å². The third kappa shape index (κ3) is 10.5. The second-order valence-electron chi connectivity index (χ2n) is 6.23. The predicted molar refractivity (Wildman–Crippen MR) is 72.1 cm³/mol. The van der Waals surface area contributed by atoms with Crippen LogP contribution in [0.25, 0.3) is 0 Å². The zero-order chi connectivity index (χ0) is 14.4. The van der Waals surface area contributed by atoms with Crippen LogP contribution in [0.3, 0.4) is 0 Å². The number of nitrogens with one attached hydrogen (secondary N) is 1. The average Bonchev–Trinajstić information content (AvgIpc) is 2.08. The predicted octanol–water partition coefficient (Wildman–Crippen LogP) is 1.41. The minimum atomic E-state index is -0.553. The first-order valence-electron chi connectivity index (χ1n) is 6.36. The lowest BCUT2D eigenvalue weighted by Crippen LogP contribution is -2.39. The van der Waals surface area contributed by atoms with E-state index in [0.29, 0.717) is 13.1 Å². The molecule has 1 amide bonds. The van der Waals surface area contributed by atoms with Gasteiger partial charge in [-0.3, -0.25) is 4.79 Å². The normalized spacial score (nSPS) is 12.9. The van der Waals surface area contributed by atoms with Gasteiger partial charge in [-0.05, 0) is 41.5 Å². The fraction of sp³-hybridized carbons (Fsp3) is 0.923. The third-order valence-corrected chi connectivity index (χ3v) is 1.79. The fourth-order valence-electron chi connectivity index (χ4n) is 1.33. The van der Waals surface area contributed by atoms with Crippen molar-refractivity contribution in [3.63, 3.8) is 0 Å². The molecule has 0 aromatic carbocycles. The lowest BCUT2D eigenvalue weighted by molar-refractivity contribution is -0.234. The standard InChI is InChI=1S/C13H28N2O3/c1-12(2,3)17-11(18-13(4,5)6)9-10(16)15-8-7-14/h11H,7-9,14H2,1-6H3,(H,15,16). The maximum Gasteiger partial charge on any atom is 0.225 e. The van der Waals surface area contributed by atoms with Crippen LogP contribution in [0.5, 0.6) is 0 Å². The Kier molecular flexibility index (Phi) is 6.81. The Hall–Kier alpha value is -0.650. The Morgan fingerprint density at radius 1 is 1.11 bits per heavy atom. The molecule has 0 atom stereocenters. The highest BCUT2D eigenvalue weighted by Crippen LogP contribution is 2.19. The van der Waals surface area contributed by atoms with Gasteiger partial charge in [0.2, 0.25) is 5.91 Å². The van der Waals surface area contributed by atoms with Gasteiger partial charge in [-0.15, -0.1) is 0 Å². The lowest BCUT2D eigenvalue weighted by Gasteiger charge is -2.32. The van der Waals surface area contributed by atoms with E-state index < -0.39 is 6.29 Å². The summed E-state index contributed by atoms with van der Waals surface area (Å²) >= 11 is 0. The van der Waals surface area contributed by atoms with Crippen LogP contribution in [0, 0.1) is 0 Å². The minimum absolute atomic E-state index is 0.112. The molecule has 3 N–H and O–H groups in total. The molecule has 0 aliphatic heterocycles. The van der Waals surface area contributed by atoms with Crippen molar-refractivity contribution in [2.24, 2.45) is 5.73 Å². The lowest BCUT2D eigenvalue weighted by atomic mass is 10.1. The van der Waals surface area contributed by atoms with Crippen LogP contribution in [-0.4, -0.2) is 36.5 Å². The highest BCUT2D eigenvalue weighted by molar-refractivity contribution is 5.76. The third-order valence-electron chi connectivity index (χ3n) is 1.79. The summed E-state index contributed by atoms with van der Waals surface area (Å²) < 4.78 is 11.5. The van der Waals surface area contributed by atoms with Crippen molar-refractivity contribution in [1.29, 1.82) is 0 Å². The molecule has 108 valence electrons. The van der Waals surface area contributed by atoms with E-state index in [1.54, 1.807) is 0 Å². The molecule has 0 aliphatic rings. The van der Waals surface area contributed by atoms with Gasteiger partial charge in [-0.1, -0.05) is 0 Å². The van der Waals surface area contributed by atoms with Crippen LogP contribution < -0.4 is 11.1 Å². The molecule has 0 bridgehead atoms. The topological polar surface area (TPSA) is 73.6 Å². The number of ether oxygens (including phenoxy) is 2. The van der Waals surface area contributed by atoms with E-state index in [-0.39, 0.29) is 23.5 Å². The van der Waals surface area contributed by atoms with Gasteiger partial charge in [0.15, 0.2) is 6.29 Å². The minimum Gasteiger partial charge on any atom is -0.355 e. The first-order chi connectivity index (χ1) is 8.03. The number of hydrogen-bond acceptors (Lipinski definition) is 4. The van der Waals surface area contributed by atoms with Crippen LogP contribution in [0.2, 0.25) is 0 Å². The quantitative estimate of drug-likeness (QED) is 0.708. The maximum absolute atomic E-state index is 11.7. The van der Waals surface area contributed by atoms with Crippen LogP contribution in [0.4, 0.5) is 0 Å². The van der Waals surface area contributed by atoms with Crippen molar-refractivity contribution in [2.45, 2.75) is 65.5 Å². The van der Waals surface area contributed by atoms with E-state index in [2.05, 4.69) is 5.32 Å². The smallest absolute Gasteiger partial charge is 0.225 e. The molecule has 0 unspecified atom stereocenters. The van der Waals surface area contributed by atoms with Crippen molar-refractivity contribution in [2.75, 3.05) is 13.1 Å². The molecule has 0 aliphatic carbocycles.